The molecule has 1 atom stereocenters. The van der Waals surface area contributed by atoms with E-state index in [0.717, 1.165) is 5.76 Å². The molecule has 2 rings (SSSR count). The van der Waals surface area contributed by atoms with Crippen LogP contribution in [0, 0.1) is 6.92 Å². The first-order valence-corrected chi connectivity index (χ1v) is 4.56. The topological polar surface area (TPSA) is 72.0 Å². The van der Waals surface area contributed by atoms with Gasteiger partial charge in [0.1, 0.15) is 11.5 Å². The number of furan rings is 1. The molecule has 0 aromatic carbocycles. The summed E-state index contributed by atoms with van der Waals surface area (Å²) in [6, 6.07) is 3.55. The molecule has 0 unspecified atom stereocenters. The number of carboxylic acid groups (broad SMARTS) is 1. The van der Waals surface area contributed by atoms with Gasteiger partial charge < -0.3 is 14.4 Å². The summed E-state index contributed by atoms with van der Waals surface area (Å²) in [6.45, 7) is 3.30. The number of hydrogen-bond acceptors (Lipinski definition) is 4. The number of aryl methyl sites for hydroxylation is 1. The minimum Gasteiger partial charge on any atom is -0.478 e. The Morgan fingerprint density at radius 3 is 2.80 bits per heavy atom. The lowest BCUT2D eigenvalue weighted by atomic mass is 9.99. The van der Waals surface area contributed by atoms with E-state index in [-0.39, 0.29) is 6.42 Å². The van der Waals surface area contributed by atoms with Crippen molar-refractivity contribution in [2.45, 2.75) is 25.9 Å². The Hall–Kier alpha value is -1.78. The second kappa shape index (κ2) is 3.12. The molecule has 1 aliphatic rings. The molecule has 1 aromatic rings. The predicted molar refractivity (Wildman–Crippen MR) is 51.7 cm³/mol. The van der Waals surface area contributed by atoms with Crippen molar-refractivity contribution in [1.82, 2.24) is 0 Å². The Labute approximate surface area is 86.3 Å². The summed E-state index contributed by atoms with van der Waals surface area (Å²) < 4.78 is 5.34. The largest absolute Gasteiger partial charge is 0.478 e. The highest BCUT2D eigenvalue weighted by molar-refractivity contribution is 6.02. The van der Waals surface area contributed by atoms with Gasteiger partial charge in [-0.3, -0.25) is 0 Å². The van der Waals surface area contributed by atoms with Crippen LogP contribution in [-0.2, 0) is 9.63 Å². The van der Waals surface area contributed by atoms with E-state index in [1.165, 1.54) is 6.92 Å². The fourth-order valence-corrected chi connectivity index (χ4v) is 1.38. The Morgan fingerprint density at radius 2 is 2.33 bits per heavy atom. The van der Waals surface area contributed by atoms with E-state index in [1.54, 1.807) is 12.1 Å². The highest BCUT2D eigenvalue weighted by Gasteiger charge is 2.43. The maximum absolute atomic E-state index is 10.9. The monoisotopic (exact) mass is 209 g/mol. The second-order valence-electron chi connectivity index (χ2n) is 3.75. The average molecular weight is 209 g/mol. The predicted octanol–water partition coefficient (Wildman–Crippen LogP) is 1.56. The third kappa shape index (κ3) is 1.60. The van der Waals surface area contributed by atoms with Crippen LogP contribution in [-0.4, -0.2) is 22.4 Å². The number of carboxylic acids is 1. The van der Waals surface area contributed by atoms with E-state index in [2.05, 4.69) is 5.16 Å². The lowest BCUT2D eigenvalue weighted by molar-refractivity contribution is -0.160. The number of rotatable bonds is 2. The summed E-state index contributed by atoms with van der Waals surface area (Å²) in [4.78, 5) is 15.8. The maximum atomic E-state index is 10.9. The van der Waals surface area contributed by atoms with Gasteiger partial charge in [0.05, 0.1) is 6.42 Å². The van der Waals surface area contributed by atoms with Gasteiger partial charge in [0, 0.05) is 0 Å². The van der Waals surface area contributed by atoms with Crippen LogP contribution in [0.5, 0.6) is 0 Å². The van der Waals surface area contributed by atoms with Crippen LogP contribution < -0.4 is 0 Å². The van der Waals surface area contributed by atoms with Crippen molar-refractivity contribution >= 4 is 11.7 Å². The van der Waals surface area contributed by atoms with Crippen molar-refractivity contribution in [1.29, 1.82) is 0 Å². The third-order valence-corrected chi connectivity index (χ3v) is 2.34. The van der Waals surface area contributed by atoms with Gasteiger partial charge in [0.25, 0.3) is 0 Å². The first-order valence-electron chi connectivity index (χ1n) is 4.56. The average Bonchev–Trinajstić information content (AvgIpc) is 2.73. The smallest absolute Gasteiger partial charge is 0.351 e. The van der Waals surface area contributed by atoms with Crippen molar-refractivity contribution in [3.8, 4) is 0 Å². The van der Waals surface area contributed by atoms with E-state index >= 15 is 0 Å². The highest BCUT2D eigenvalue weighted by Crippen LogP contribution is 2.27. The van der Waals surface area contributed by atoms with Gasteiger partial charge in [-0.25, -0.2) is 4.79 Å². The van der Waals surface area contributed by atoms with E-state index < -0.39 is 11.6 Å². The first kappa shape index (κ1) is 9.76. The molecule has 0 radical (unpaired) electrons. The number of hydrogen-bond donors (Lipinski definition) is 1. The van der Waals surface area contributed by atoms with Gasteiger partial charge in [-0.15, -0.1) is 0 Å². The quantitative estimate of drug-likeness (QED) is 0.802. The van der Waals surface area contributed by atoms with Crippen LogP contribution in [0.2, 0.25) is 0 Å². The van der Waals surface area contributed by atoms with Crippen molar-refractivity contribution in [3.63, 3.8) is 0 Å². The fraction of sp³-hybridized carbons (Fsp3) is 0.400. The molecule has 0 saturated carbocycles. The van der Waals surface area contributed by atoms with Gasteiger partial charge >= 0.3 is 5.97 Å². The summed E-state index contributed by atoms with van der Waals surface area (Å²) in [5, 5.41) is 12.6. The molecule has 0 fully saturated rings. The van der Waals surface area contributed by atoms with Crippen LogP contribution >= 0.6 is 0 Å². The van der Waals surface area contributed by atoms with Gasteiger partial charge in [-0.2, -0.15) is 0 Å². The molecule has 5 nitrogen and oxygen atoms in total. The minimum atomic E-state index is -1.27. The fourth-order valence-electron chi connectivity index (χ4n) is 1.38. The molecule has 0 bridgehead atoms. The summed E-state index contributed by atoms with van der Waals surface area (Å²) in [5.41, 5.74) is -0.733. The van der Waals surface area contributed by atoms with Gasteiger partial charge in [-0.1, -0.05) is 5.16 Å². The third-order valence-electron chi connectivity index (χ3n) is 2.34. The van der Waals surface area contributed by atoms with E-state index in [4.69, 9.17) is 14.4 Å². The van der Waals surface area contributed by atoms with E-state index in [1.807, 2.05) is 6.92 Å². The molecule has 0 spiro atoms. The molecular weight excluding hydrogens is 198 g/mol. The molecule has 15 heavy (non-hydrogen) atoms. The first-order chi connectivity index (χ1) is 7.01. The van der Waals surface area contributed by atoms with Crippen LogP contribution in [0.15, 0.2) is 21.7 Å². The zero-order valence-corrected chi connectivity index (χ0v) is 8.48. The molecular formula is C10H11NO4. The Bertz CT molecular complexity index is 434. The zero-order chi connectivity index (χ0) is 11.1. The summed E-state index contributed by atoms with van der Waals surface area (Å²) >= 11 is 0. The number of aliphatic carboxylic acids is 1. The molecule has 5 heteroatoms. The highest BCUT2D eigenvalue weighted by atomic mass is 16.7. The maximum Gasteiger partial charge on any atom is 0.351 e. The van der Waals surface area contributed by atoms with Crippen LogP contribution in [0.25, 0.3) is 0 Å². The van der Waals surface area contributed by atoms with Crippen molar-refractivity contribution < 1.29 is 19.2 Å². The molecule has 1 N–H and O–H groups in total. The molecule has 80 valence electrons. The SMILES string of the molecule is Cc1ccc(C2=NO[C@@](C)(C(=O)O)C2)o1. The molecule has 0 saturated heterocycles. The van der Waals surface area contributed by atoms with Crippen LogP contribution in [0.4, 0.5) is 0 Å². The molecule has 1 aliphatic heterocycles. The molecule has 1 aromatic heterocycles. The minimum absolute atomic E-state index is 0.218. The van der Waals surface area contributed by atoms with Gasteiger partial charge in [0.15, 0.2) is 5.76 Å². The van der Waals surface area contributed by atoms with E-state index in [9.17, 15) is 4.79 Å². The standard InChI is InChI=1S/C10H11NO4/c1-6-3-4-8(14-6)7-5-10(2,9(12)13)15-11-7/h3-4H,5H2,1-2H3,(H,12,13)/t10-/m1/s1. The molecule has 0 aliphatic carbocycles. The molecule has 2 heterocycles. The van der Waals surface area contributed by atoms with Crippen molar-refractivity contribution in [2.24, 2.45) is 5.16 Å². The number of carbonyl (C=O) groups is 1. The number of nitrogens with zero attached hydrogens (tertiary/aromatic N) is 1. The van der Waals surface area contributed by atoms with Crippen LogP contribution in [0.3, 0.4) is 0 Å². The van der Waals surface area contributed by atoms with Crippen molar-refractivity contribution in [3.05, 3.63) is 23.7 Å². The summed E-state index contributed by atoms with van der Waals surface area (Å²) in [7, 11) is 0. The van der Waals surface area contributed by atoms with Gasteiger partial charge in [-0.05, 0) is 26.0 Å². The van der Waals surface area contributed by atoms with Gasteiger partial charge in [0.2, 0.25) is 5.60 Å². The normalized spacial score (nSPS) is 24.8. The van der Waals surface area contributed by atoms with E-state index in [0.29, 0.717) is 11.5 Å². The zero-order valence-electron chi connectivity index (χ0n) is 8.48. The van der Waals surface area contributed by atoms with Crippen molar-refractivity contribution in [2.75, 3.05) is 0 Å². The second-order valence-corrected chi connectivity index (χ2v) is 3.75. The Kier molecular flexibility index (Phi) is 2.03. The lowest BCUT2D eigenvalue weighted by Gasteiger charge is -2.14. The lowest BCUT2D eigenvalue weighted by Crippen LogP contribution is -2.35. The summed E-state index contributed by atoms with van der Waals surface area (Å²) in [5.74, 6) is 0.304. The Balaban J connectivity index is 2.20. The number of oxime groups is 1. The summed E-state index contributed by atoms with van der Waals surface area (Å²) in [6.07, 6.45) is 0.218. The molecule has 0 amide bonds. The Morgan fingerprint density at radius 1 is 1.60 bits per heavy atom. The van der Waals surface area contributed by atoms with Crippen LogP contribution in [0.1, 0.15) is 24.9 Å².